The summed E-state index contributed by atoms with van der Waals surface area (Å²) in [5.41, 5.74) is 4.99. The van der Waals surface area contributed by atoms with Gasteiger partial charge in [-0.1, -0.05) is 17.7 Å². The number of nitrogens with zero attached hydrogens (tertiary/aromatic N) is 3. The number of sulfonamides is 1. The predicted octanol–water partition coefficient (Wildman–Crippen LogP) is 4.72. The van der Waals surface area contributed by atoms with Crippen molar-refractivity contribution in [2.75, 3.05) is 15.4 Å². The zero-order valence-electron chi connectivity index (χ0n) is 18.8. The van der Waals surface area contributed by atoms with Gasteiger partial charge in [0.15, 0.2) is 0 Å². The van der Waals surface area contributed by atoms with E-state index in [2.05, 4.69) is 35.5 Å². The molecule has 2 aromatic carbocycles. The van der Waals surface area contributed by atoms with Gasteiger partial charge in [-0.3, -0.25) is 9.82 Å². The molecule has 4 N–H and O–H groups in total. The number of hydrogen-bond acceptors (Lipinski definition) is 7. The maximum atomic E-state index is 12.7. The summed E-state index contributed by atoms with van der Waals surface area (Å²) in [7, 11) is -3.74. The van der Waals surface area contributed by atoms with Gasteiger partial charge in [-0.05, 0) is 64.1 Å². The highest BCUT2D eigenvalue weighted by molar-refractivity contribution is 7.92. The average Bonchev–Trinajstić information content (AvgIpc) is 3.09. The number of nitrogens with one attached hydrogen (secondary N) is 4. The second kappa shape index (κ2) is 8.91. The van der Waals surface area contributed by atoms with Crippen LogP contribution in [0.1, 0.15) is 22.6 Å². The number of anilines is 5. The van der Waals surface area contributed by atoms with E-state index in [1.165, 1.54) is 5.56 Å². The summed E-state index contributed by atoms with van der Waals surface area (Å²) < 4.78 is 28.0. The Kier molecular flexibility index (Phi) is 6.01. The maximum Gasteiger partial charge on any atom is 0.265 e. The van der Waals surface area contributed by atoms with E-state index >= 15 is 0 Å². The molecule has 0 fully saturated rings. The number of rotatable bonds is 7. The topological polar surface area (TPSA) is 125 Å². The summed E-state index contributed by atoms with van der Waals surface area (Å²) >= 11 is 0. The van der Waals surface area contributed by atoms with Gasteiger partial charge < -0.3 is 10.6 Å². The van der Waals surface area contributed by atoms with Crippen LogP contribution in [0.15, 0.2) is 59.5 Å². The molecule has 0 radical (unpaired) electrons. The largest absolute Gasteiger partial charge is 0.340 e. The van der Waals surface area contributed by atoms with Crippen molar-refractivity contribution < 1.29 is 8.42 Å². The number of H-pyrrole nitrogens is 1. The monoisotopic (exact) mass is 463 g/mol. The number of aryl methyl sites for hydroxylation is 4. The van der Waals surface area contributed by atoms with Crippen molar-refractivity contribution in [3.05, 3.63) is 77.2 Å². The van der Waals surface area contributed by atoms with Crippen LogP contribution in [0.2, 0.25) is 0 Å². The fraction of sp³-hybridized carbons (Fsp3) is 0.174. The zero-order valence-corrected chi connectivity index (χ0v) is 19.6. The van der Waals surface area contributed by atoms with Gasteiger partial charge in [0.25, 0.3) is 10.0 Å². The van der Waals surface area contributed by atoms with Crippen LogP contribution in [0.4, 0.5) is 28.8 Å². The second-order valence-electron chi connectivity index (χ2n) is 7.78. The smallest absolute Gasteiger partial charge is 0.265 e. The van der Waals surface area contributed by atoms with Crippen LogP contribution in [0, 0.1) is 27.7 Å². The fourth-order valence-corrected chi connectivity index (χ4v) is 4.80. The average molecular weight is 464 g/mol. The molecule has 10 heteroatoms. The summed E-state index contributed by atoms with van der Waals surface area (Å²) in [5.74, 6) is 1.10. The van der Waals surface area contributed by atoms with Gasteiger partial charge in [-0.25, -0.2) is 13.4 Å². The lowest BCUT2D eigenvalue weighted by molar-refractivity contribution is 0.600. The Morgan fingerprint density at radius 1 is 0.788 bits per heavy atom. The molecular weight excluding hydrogens is 438 g/mol. The molecule has 0 aliphatic heterocycles. The maximum absolute atomic E-state index is 12.7. The summed E-state index contributed by atoms with van der Waals surface area (Å²) in [5, 5.41) is 13.1. The van der Waals surface area contributed by atoms with Crippen LogP contribution in [0.25, 0.3) is 0 Å². The highest BCUT2D eigenvalue weighted by Gasteiger charge is 2.22. The van der Waals surface area contributed by atoms with Crippen LogP contribution < -0.4 is 15.4 Å². The lowest BCUT2D eigenvalue weighted by atomic mass is 10.2. The van der Waals surface area contributed by atoms with Gasteiger partial charge in [-0.15, -0.1) is 0 Å². The molecule has 0 saturated carbocycles. The van der Waals surface area contributed by atoms with E-state index in [1.807, 2.05) is 44.2 Å². The first-order valence-electron chi connectivity index (χ1n) is 10.3. The fourth-order valence-electron chi connectivity index (χ4n) is 3.37. The number of aromatic nitrogens is 4. The van der Waals surface area contributed by atoms with Gasteiger partial charge in [0.1, 0.15) is 10.7 Å². The number of benzene rings is 2. The Labute approximate surface area is 192 Å². The van der Waals surface area contributed by atoms with Crippen LogP contribution in [-0.4, -0.2) is 28.6 Å². The number of aromatic amines is 1. The molecule has 170 valence electrons. The summed E-state index contributed by atoms with van der Waals surface area (Å²) in [6.07, 6.45) is 0. The zero-order chi connectivity index (χ0) is 23.6. The van der Waals surface area contributed by atoms with Gasteiger partial charge in [0, 0.05) is 28.8 Å². The lowest BCUT2D eigenvalue weighted by Gasteiger charge is -2.11. The normalized spacial score (nSPS) is 11.3. The van der Waals surface area contributed by atoms with Crippen molar-refractivity contribution >= 4 is 38.9 Å². The van der Waals surface area contributed by atoms with E-state index in [0.717, 1.165) is 17.1 Å². The Balaban J connectivity index is 1.48. The van der Waals surface area contributed by atoms with Crippen LogP contribution >= 0.6 is 0 Å². The summed E-state index contributed by atoms with van der Waals surface area (Å²) in [6, 6.07) is 16.8. The third kappa shape index (κ3) is 5.29. The van der Waals surface area contributed by atoms with E-state index < -0.39 is 10.0 Å². The SMILES string of the molecule is Cc1ccc(Nc2cc(C)nc(Nc3ccc(NS(=O)(=O)c4c(C)n[nH]c4C)cc3)n2)cc1. The first-order chi connectivity index (χ1) is 15.7. The van der Waals surface area contributed by atoms with Crippen molar-refractivity contribution in [1.82, 2.24) is 20.2 Å². The van der Waals surface area contributed by atoms with Gasteiger partial charge in [-0.2, -0.15) is 10.1 Å². The first kappa shape index (κ1) is 22.3. The molecule has 0 spiro atoms. The Bertz CT molecular complexity index is 1360. The van der Waals surface area contributed by atoms with Crippen molar-refractivity contribution in [2.24, 2.45) is 0 Å². The molecule has 0 bridgehead atoms. The van der Waals surface area contributed by atoms with Crippen molar-refractivity contribution in [1.29, 1.82) is 0 Å². The molecule has 33 heavy (non-hydrogen) atoms. The highest BCUT2D eigenvalue weighted by Crippen LogP contribution is 2.24. The van der Waals surface area contributed by atoms with Gasteiger partial charge >= 0.3 is 0 Å². The predicted molar refractivity (Wildman–Crippen MR) is 130 cm³/mol. The molecule has 2 aromatic heterocycles. The second-order valence-corrected chi connectivity index (χ2v) is 9.40. The molecule has 2 heterocycles. The molecule has 0 amide bonds. The van der Waals surface area contributed by atoms with E-state index in [-0.39, 0.29) is 4.90 Å². The van der Waals surface area contributed by atoms with Crippen molar-refractivity contribution in [3.63, 3.8) is 0 Å². The summed E-state index contributed by atoms with van der Waals surface area (Å²) in [4.78, 5) is 9.12. The molecule has 0 aliphatic rings. The third-order valence-electron chi connectivity index (χ3n) is 4.90. The first-order valence-corrected chi connectivity index (χ1v) is 11.8. The van der Waals surface area contributed by atoms with Crippen LogP contribution in [0.5, 0.6) is 0 Å². The molecule has 0 saturated heterocycles. The van der Waals surface area contributed by atoms with Crippen molar-refractivity contribution in [3.8, 4) is 0 Å². The molecule has 0 unspecified atom stereocenters. The highest BCUT2D eigenvalue weighted by atomic mass is 32.2. The van der Waals surface area contributed by atoms with Crippen LogP contribution in [-0.2, 0) is 10.0 Å². The number of hydrogen-bond donors (Lipinski definition) is 4. The summed E-state index contributed by atoms with van der Waals surface area (Å²) in [6.45, 7) is 7.25. The minimum Gasteiger partial charge on any atom is -0.340 e. The molecule has 4 aromatic rings. The molecular formula is C23H25N7O2S. The minimum absolute atomic E-state index is 0.159. The minimum atomic E-state index is -3.74. The molecule has 9 nitrogen and oxygen atoms in total. The van der Waals surface area contributed by atoms with Crippen LogP contribution in [0.3, 0.4) is 0 Å². The van der Waals surface area contributed by atoms with E-state index in [1.54, 1.807) is 38.1 Å². The van der Waals surface area contributed by atoms with Crippen molar-refractivity contribution in [2.45, 2.75) is 32.6 Å². The van der Waals surface area contributed by atoms with Gasteiger partial charge in [0.05, 0.1) is 11.4 Å². The third-order valence-corrected chi connectivity index (χ3v) is 6.54. The van der Waals surface area contributed by atoms with Gasteiger partial charge in [0.2, 0.25) is 5.95 Å². The van der Waals surface area contributed by atoms with E-state index in [0.29, 0.717) is 28.8 Å². The Hall–Kier alpha value is -3.92. The van der Waals surface area contributed by atoms with E-state index in [4.69, 9.17) is 0 Å². The molecule has 4 rings (SSSR count). The Morgan fingerprint density at radius 2 is 1.39 bits per heavy atom. The standard InChI is InChI=1S/C23H25N7O2S/c1-14-5-7-18(8-6-14)25-21-13-15(2)24-23(27-21)26-19-9-11-20(12-10-19)30-33(31,32)22-16(3)28-29-17(22)4/h5-13,30H,1-4H3,(H,28,29)(H2,24,25,26,27). The molecule has 0 atom stereocenters. The lowest BCUT2D eigenvalue weighted by Crippen LogP contribution is -2.14. The van der Waals surface area contributed by atoms with E-state index in [9.17, 15) is 8.42 Å². The molecule has 0 aliphatic carbocycles. The quantitative estimate of drug-likeness (QED) is 0.312. The Morgan fingerprint density at radius 3 is 2.03 bits per heavy atom.